The van der Waals surface area contributed by atoms with Gasteiger partial charge < -0.3 is 0 Å². The second kappa shape index (κ2) is 9.57. The lowest BCUT2D eigenvalue weighted by Crippen LogP contribution is -1.75. The smallest absolute Gasteiger partial charge is 0.0311 e. The van der Waals surface area contributed by atoms with E-state index in [-0.39, 0.29) is 0 Å². The summed E-state index contributed by atoms with van der Waals surface area (Å²) in [5.74, 6) is 0. The van der Waals surface area contributed by atoms with Gasteiger partial charge in [-0.25, -0.2) is 0 Å². The molecule has 13 heavy (non-hydrogen) atoms. The second-order valence-electron chi connectivity index (χ2n) is 3.44. The fourth-order valence-corrected chi connectivity index (χ4v) is 1.34. The van der Waals surface area contributed by atoms with Crippen LogP contribution in [-0.4, -0.2) is 0 Å². The Labute approximate surface area is 83.7 Å². The molecule has 0 saturated carbocycles. The molecule has 0 rings (SSSR count). The normalized spacial score (nSPS) is 12.7. The quantitative estimate of drug-likeness (QED) is 0.387. The van der Waals surface area contributed by atoms with Crippen molar-refractivity contribution in [3.05, 3.63) is 23.8 Å². The molecule has 0 aliphatic carbocycles. The predicted octanol–water partition coefficient (Wildman–Crippen LogP) is 4.87. The molecule has 0 nitrogen and oxygen atoms in total. The predicted molar refractivity (Wildman–Crippen MR) is 61.9 cm³/mol. The van der Waals surface area contributed by atoms with Crippen molar-refractivity contribution in [1.29, 1.82) is 0 Å². The Balaban J connectivity index is 3.61. The van der Waals surface area contributed by atoms with Crippen molar-refractivity contribution in [2.75, 3.05) is 0 Å². The van der Waals surface area contributed by atoms with E-state index in [0.717, 1.165) is 12.8 Å². The van der Waals surface area contributed by atoms with E-state index in [2.05, 4.69) is 39.0 Å². The van der Waals surface area contributed by atoms with E-state index in [1.54, 1.807) is 0 Å². The Hall–Kier alpha value is -0.520. The molecule has 0 bridgehead atoms. The summed E-state index contributed by atoms with van der Waals surface area (Å²) >= 11 is 0. The lowest BCUT2D eigenvalue weighted by Gasteiger charge is -1.96. The molecular weight excluding hydrogens is 156 g/mol. The summed E-state index contributed by atoms with van der Waals surface area (Å²) in [6.07, 6.45) is 14.5. The third-order valence-electron chi connectivity index (χ3n) is 2.18. The standard InChI is InChI=1S/C13H24/c1-4-7-8-9-10-12-13(6-3)11-5-2/h10-12H,4-9H2,1-3H3. The van der Waals surface area contributed by atoms with Crippen LogP contribution in [0.5, 0.6) is 0 Å². The average Bonchev–Trinajstić information content (AvgIpc) is 2.16. The highest BCUT2D eigenvalue weighted by atomic mass is 13.9. The van der Waals surface area contributed by atoms with Gasteiger partial charge in [0.1, 0.15) is 0 Å². The molecule has 0 heterocycles. The topological polar surface area (TPSA) is 0 Å². The van der Waals surface area contributed by atoms with Crippen molar-refractivity contribution in [3.8, 4) is 0 Å². The Morgan fingerprint density at radius 1 is 1.08 bits per heavy atom. The van der Waals surface area contributed by atoms with E-state index in [1.807, 2.05) is 0 Å². The van der Waals surface area contributed by atoms with E-state index >= 15 is 0 Å². The number of hydrogen-bond acceptors (Lipinski definition) is 0. The lowest BCUT2D eigenvalue weighted by molar-refractivity contribution is 0.729. The van der Waals surface area contributed by atoms with Gasteiger partial charge in [0, 0.05) is 0 Å². The highest BCUT2D eigenvalue weighted by molar-refractivity contribution is 5.17. The molecule has 0 atom stereocenters. The molecule has 0 aromatic carbocycles. The minimum Gasteiger partial charge on any atom is -0.0843 e. The Morgan fingerprint density at radius 2 is 1.85 bits per heavy atom. The van der Waals surface area contributed by atoms with Crippen molar-refractivity contribution in [1.82, 2.24) is 0 Å². The summed E-state index contributed by atoms with van der Waals surface area (Å²) < 4.78 is 0. The molecule has 0 saturated heterocycles. The minimum absolute atomic E-state index is 1.16. The van der Waals surface area contributed by atoms with E-state index in [9.17, 15) is 0 Å². The summed E-state index contributed by atoms with van der Waals surface area (Å²) in [6, 6.07) is 0. The lowest BCUT2D eigenvalue weighted by atomic mass is 10.1. The van der Waals surface area contributed by atoms with Gasteiger partial charge in [-0.05, 0) is 25.7 Å². The maximum atomic E-state index is 2.32. The fourth-order valence-electron chi connectivity index (χ4n) is 1.34. The SMILES string of the molecule is CCC=C(C=CCCCCC)CC. The van der Waals surface area contributed by atoms with Crippen LogP contribution in [0.1, 0.15) is 59.3 Å². The van der Waals surface area contributed by atoms with Crippen molar-refractivity contribution in [2.24, 2.45) is 0 Å². The third-order valence-corrected chi connectivity index (χ3v) is 2.18. The first-order valence-electron chi connectivity index (χ1n) is 5.70. The molecule has 0 spiro atoms. The number of unbranched alkanes of at least 4 members (excludes halogenated alkanes) is 3. The molecule has 0 amide bonds. The van der Waals surface area contributed by atoms with Crippen LogP contribution in [0, 0.1) is 0 Å². The van der Waals surface area contributed by atoms with E-state index in [4.69, 9.17) is 0 Å². The zero-order valence-corrected chi connectivity index (χ0v) is 9.47. The molecule has 0 heteroatoms. The number of allylic oxidation sites excluding steroid dienone is 4. The van der Waals surface area contributed by atoms with Crippen LogP contribution >= 0.6 is 0 Å². The zero-order chi connectivity index (χ0) is 9.94. The van der Waals surface area contributed by atoms with Gasteiger partial charge in [0.15, 0.2) is 0 Å². The summed E-state index contributed by atoms with van der Waals surface area (Å²) in [5, 5.41) is 0. The van der Waals surface area contributed by atoms with Crippen LogP contribution in [0.3, 0.4) is 0 Å². The first-order chi connectivity index (χ1) is 6.35. The van der Waals surface area contributed by atoms with Crippen molar-refractivity contribution in [2.45, 2.75) is 59.3 Å². The largest absolute Gasteiger partial charge is 0.0843 e. The van der Waals surface area contributed by atoms with Crippen LogP contribution in [0.15, 0.2) is 23.8 Å². The van der Waals surface area contributed by atoms with E-state index in [1.165, 1.54) is 31.3 Å². The average molecular weight is 180 g/mol. The summed E-state index contributed by atoms with van der Waals surface area (Å²) in [4.78, 5) is 0. The Kier molecular flexibility index (Phi) is 9.18. The minimum atomic E-state index is 1.16. The van der Waals surface area contributed by atoms with Gasteiger partial charge >= 0.3 is 0 Å². The zero-order valence-electron chi connectivity index (χ0n) is 9.47. The van der Waals surface area contributed by atoms with E-state index < -0.39 is 0 Å². The number of rotatable bonds is 7. The van der Waals surface area contributed by atoms with Crippen LogP contribution in [0.2, 0.25) is 0 Å². The van der Waals surface area contributed by atoms with Crippen molar-refractivity contribution >= 4 is 0 Å². The van der Waals surface area contributed by atoms with Crippen LogP contribution in [0.25, 0.3) is 0 Å². The number of hydrogen-bond donors (Lipinski definition) is 0. The Bertz CT molecular complexity index is 151. The first-order valence-corrected chi connectivity index (χ1v) is 5.70. The summed E-state index contributed by atoms with van der Waals surface area (Å²) in [6.45, 7) is 6.66. The molecule has 0 aromatic rings. The van der Waals surface area contributed by atoms with Crippen LogP contribution in [-0.2, 0) is 0 Å². The molecule has 0 fully saturated rings. The van der Waals surface area contributed by atoms with Gasteiger partial charge in [-0.2, -0.15) is 0 Å². The van der Waals surface area contributed by atoms with Crippen LogP contribution < -0.4 is 0 Å². The molecule has 0 aliphatic heterocycles. The molecular formula is C13H24. The summed E-state index contributed by atoms with van der Waals surface area (Å²) in [7, 11) is 0. The highest BCUT2D eigenvalue weighted by Gasteiger charge is 1.86. The van der Waals surface area contributed by atoms with Crippen LogP contribution in [0.4, 0.5) is 0 Å². The van der Waals surface area contributed by atoms with Gasteiger partial charge in [-0.1, -0.05) is 57.4 Å². The van der Waals surface area contributed by atoms with Gasteiger partial charge in [0.2, 0.25) is 0 Å². The molecule has 0 N–H and O–H groups in total. The van der Waals surface area contributed by atoms with Crippen molar-refractivity contribution in [3.63, 3.8) is 0 Å². The molecule has 76 valence electrons. The summed E-state index contributed by atoms with van der Waals surface area (Å²) in [5.41, 5.74) is 1.49. The molecule has 0 aliphatic rings. The monoisotopic (exact) mass is 180 g/mol. The van der Waals surface area contributed by atoms with Gasteiger partial charge in [0.05, 0.1) is 0 Å². The maximum Gasteiger partial charge on any atom is -0.0311 e. The van der Waals surface area contributed by atoms with Crippen molar-refractivity contribution < 1.29 is 0 Å². The van der Waals surface area contributed by atoms with Gasteiger partial charge in [-0.3, -0.25) is 0 Å². The van der Waals surface area contributed by atoms with Gasteiger partial charge in [0.25, 0.3) is 0 Å². The van der Waals surface area contributed by atoms with E-state index in [0.29, 0.717) is 0 Å². The maximum absolute atomic E-state index is 2.32. The Morgan fingerprint density at radius 3 is 2.38 bits per heavy atom. The van der Waals surface area contributed by atoms with Gasteiger partial charge in [-0.15, -0.1) is 0 Å². The molecule has 0 aromatic heterocycles. The second-order valence-corrected chi connectivity index (χ2v) is 3.44. The fraction of sp³-hybridized carbons (Fsp3) is 0.692. The molecule has 0 radical (unpaired) electrons. The first kappa shape index (κ1) is 12.5. The third kappa shape index (κ3) is 7.83. The molecule has 0 unspecified atom stereocenters. The highest BCUT2D eigenvalue weighted by Crippen LogP contribution is 2.06.